The molecule has 1 aromatic heterocycles. The molecule has 2 rings (SSSR count). The average molecular weight is 249 g/mol. The maximum Gasteiger partial charge on any atom is 0.167 e. The van der Waals surface area contributed by atoms with Gasteiger partial charge in [0, 0.05) is 18.2 Å². The third-order valence-corrected chi connectivity index (χ3v) is 2.64. The Kier molecular flexibility index (Phi) is 3.62. The van der Waals surface area contributed by atoms with E-state index in [2.05, 4.69) is 5.10 Å². The highest BCUT2D eigenvalue weighted by molar-refractivity contribution is 5.39. The van der Waals surface area contributed by atoms with Gasteiger partial charge in [0.15, 0.2) is 17.3 Å². The van der Waals surface area contributed by atoms with Crippen LogP contribution in [-0.2, 0) is 6.54 Å². The number of nitrogens with two attached hydrogens (primary N) is 1. The molecule has 0 spiro atoms. The first-order chi connectivity index (χ1) is 8.61. The molecule has 5 heteroatoms. The Morgan fingerprint density at radius 2 is 2.28 bits per heavy atom. The van der Waals surface area contributed by atoms with Gasteiger partial charge in [-0.1, -0.05) is 12.1 Å². The molecule has 0 saturated carbocycles. The first-order valence-corrected chi connectivity index (χ1v) is 5.86. The van der Waals surface area contributed by atoms with E-state index in [1.807, 2.05) is 6.92 Å². The summed E-state index contributed by atoms with van der Waals surface area (Å²) in [5, 5.41) is 4.07. The molecule has 0 aliphatic heterocycles. The van der Waals surface area contributed by atoms with Crippen molar-refractivity contribution in [2.24, 2.45) is 5.73 Å². The number of rotatable bonds is 4. The molecule has 0 bridgehead atoms. The van der Waals surface area contributed by atoms with E-state index >= 15 is 0 Å². The monoisotopic (exact) mass is 249 g/mol. The van der Waals surface area contributed by atoms with Crippen LogP contribution in [0, 0.1) is 5.82 Å². The van der Waals surface area contributed by atoms with Crippen LogP contribution >= 0.6 is 0 Å². The number of para-hydroxylation sites is 1. The zero-order valence-corrected chi connectivity index (χ0v) is 10.4. The van der Waals surface area contributed by atoms with Crippen LogP contribution in [0.15, 0.2) is 30.6 Å². The SMILES string of the molecule is CCn1cc(Oc2c(F)cccc2[C@@H](C)N)cn1. The number of nitrogens with zero attached hydrogens (tertiary/aromatic N) is 2. The summed E-state index contributed by atoms with van der Waals surface area (Å²) in [6.45, 7) is 4.49. The molecular weight excluding hydrogens is 233 g/mol. The molecule has 0 amide bonds. The topological polar surface area (TPSA) is 53.1 Å². The summed E-state index contributed by atoms with van der Waals surface area (Å²) < 4.78 is 21.0. The molecule has 0 aliphatic carbocycles. The molecule has 2 N–H and O–H groups in total. The minimum Gasteiger partial charge on any atom is -0.451 e. The Morgan fingerprint density at radius 1 is 1.50 bits per heavy atom. The van der Waals surface area contributed by atoms with Crippen LogP contribution in [-0.4, -0.2) is 9.78 Å². The summed E-state index contributed by atoms with van der Waals surface area (Å²) >= 11 is 0. The number of hydrogen-bond acceptors (Lipinski definition) is 3. The summed E-state index contributed by atoms with van der Waals surface area (Å²) in [7, 11) is 0. The molecule has 2 aromatic rings. The van der Waals surface area contributed by atoms with Crippen LogP contribution in [0.5, 0.6) is 11.5 Å². The predicted molar refractivity (Wildman–Crippen MR) is 67.0 cm³/mol. The summed E-state index contributed by atoms with van der Waals surface area (Å²) in [5.74, 6) is 0.251. The highest BCUT2D eigenvalue weighted by Crippen LogP contribution is 2.31. The second-order valence-electron chi connectivity index (χ2n) is 4.08. The van der Waals surface area contributed by atoms with Crippen LogP contribution < -0.4 is 10.5 Å². The zero-order chi connectivity index (χ0) is 13.1. The van der Waals surface area contributed by atoms with Crippen molar-refractivity contribution < 1.29 is 9.13 Å². The van der Waals surface area contributed by atoms with Crippen LogP contribution in [0.1, 0.15) is 25.5 Å². The van der Waals surface area contributed by atoms with E-state index in [1.54, 1.807) is 36.1 Å². The molecule has 4 nitrogen and oxygen atoms in total. The lowest BCUT2D eigenvalue weighted by atomic mass is 10.1. The molecule has 96 valence electrons. The van der Waals surface area contributed by atoms with Crippen molar-refractivity contribution >= 4 is 0 Å². The number of benzene rings is 1. The lowest BCUT2D eigenvalue weighted by Crippen LogP contribution is -2.07. The van der Waals surface area contributed by atoms with Crippen LogP contribution in [0.2, 0.25) is 0 Å². The molecule has 1 atom stereocenters. The molecule has 0 radical (unpaired) electrons. The molecule has 18 heavy (non-hydrogen) atoms. The second kappa shape index (κ2) is 5.18. The Balaban J connectivity index is 2.33. The van der Waals surface area contributed by atoms with Gasteiger partial charge in [-0.05, 0) is 19.9 Å². The number of aromatic nitrogens is 2. The van der Waals surface area contributed by atoms with E-state index < -0.39 is 5.82 Å². The Morgan fingerprint density at radius 3 is 2.89 bits per heavy atom. The molecule has 0 fully saturated rings. The first kappa shape index (κ1) is 12.6. The van der Waals surface area contributed by atoms with Crippen LogP contribution in [0.25, 0.3) is 0 Å². The van der Waals surface area contributed by atoms with Crippen molar-refractivity contribution in [2.45, 2.75) is 26.4 Å². The Labute approximate surface area is 105 Å². The minimum atomic E-state index is -0.422. The molecular formula is C13H16FN3O. The largest absolute Gasteiger partial charge is 0.451 e. The van der Waals surface area contributed by atoms with Gasteiger partial charge < -0.3 is 10.5 Å². The summed E-state index contributed by atoms with van der Waals surface area (Å²) in [4.78, 5) is 0. The van der Waals surface area contributed by atoms with Gasteiger partial charge >= 0.3 is 0 Å². The number of halogens is 1. The Hall–Kier alpha value is -1.88. The van der Waals surface area contributed by atoms with Crippen molar-refractivity contribution in [1.82, 2.24) is 9.78 Å². The molecule has 0 aliphatic rings. The average Bonchev–Trinajstić information content (AvgIpc) is 2.79. The second-order valence-corrected chi connectivity index (χ2v) is 4.08. The molecule has 0 unspecified atom stereocenters. The fourth-order valence-corrected chi connectivity index (χ4v) is 1.68. The van der Waals surface area contributed by atoms with Gasteiger partial charge in [0.05, 0.1) is 12.4 Å². The smallest absolute Gasteiger partial charge is 0.167 e. The van der Waals surface area contributed by atoms with E-state index in [4.69, 9.17) is 10.5 Å². The number of aryl methyl sites for hydroxylation is 1. The van der Waals surface area contributed by atoms with Gasteiger partial charge in [0.1, 0.15) is 0 Å². The molecule has 1 aromatic carbocycles. The van der Waals surface area contributed by atoms with E-state index in [0.29, 0.717) is 11.3 Å². The lowest BCUT2D eigenvalue weighted by Gasteiger charge is -2.13. The van der Waals surface area contributed by atoms with E-state index in [-0.39, 0.29) is 11.8 Å². The molecule has 1 heterocycles. The van der Waals surface area contributed by atoms with Gasteiger partial charge in [0.2, 0.25) is 0 Å². The Bertz CT molecular complexity index is 537. The van der Waals surface area contributed by atoms with E-state index in [1.165, 1.54) is 6.07 Å². The van der Waals surface area contributed by atoms with E-state index in [9.17, 15) is 4.39 Å². The predicted octanol–water partition coefficient (Wildman–Crippen LogP) is 2.85. The van der Waals surface area contributed by atoms with Gasteiger partial charge in [-0.2, -0.15) is 5.10 Å². The van der Waals surface area contributed by atoms with Crippen molar-refractivity contribution in [3.63, 3.8) is 0 Å². The fourth-order valence-electron chi connectivity index (χ4n) is 1.68. The third kappa shape index (κ3) is 2.51. The van der Waals surface area contributed by atoms with Gasteiger partial charge in [-0.3, -0.25) is 4.68 Å². The van der Waals surface area contributed by atoms with Crippen molar-refractivity contribution in [2.75, 3.05) is 0 Å². The van der Waals surface area contributed by atoms with Gasteiger partial charge in [0.25, 0.3) is 0 Å². The lowest BCUT2D eigenvalue weighted by molar-refractivity contribution is 0.432. The zero-order valence-electron chi connectivity index (χ0n) is 10.4. The third-order valence-electron chi connectivity index (χ3n) is 2.64. The van der Waals surface area contributed by atoms with Crippen molar-refractivity contribution in [1.29, 1.82) is 0 Å². The quantitative estimate of drug-likeness (QED) is 0.906. The fraction of sp³-hybridized carbons (Fsp3) is 0.308. The van der Waals surface area contributed by atoms with Crippen LogP contribution in [0.3, 0.4) is 0 Å². The standard InChI is InChI=1S/C13H16FN3O/c1-3-17-8-10(7-16-17)18-13-11(9(2)15)5-4-6-12(13)14/h4-9H,3,15H2,1-2H3/t9-/m1/s1. The molecule has 0 saturated heterocycles. The number of ether oxygens (including phenoxy) is 1. The summed E-state index contributed by atoms with van der Waals surface area (Å²) in [6.07, 6.45) is 3.28. The maximum absolute atomic E-state index is 13.8. The highest BCUT2D eigenvalue weighted by atomic mass is 19.1. The highest BCUT2D eigenvalue weighted by Gasteiger charge is 2.14. The normalized spacial score (nSPS) is 12.4. The van der Waals surface area contributed by atoms with Gasteiger partial charge in [-0.15, -0.1) is 0 Å². The first-order valence-electron chi connectivity index (χ1n) is 5.86. The number of hydrogen-bond donors (Lipinski definition) is 1. The van der Waals surface area contributed by atoms with Crippen LogP contribution in [0.4, 0.5) is 4.39 Å². The summed E-state index contributed by atoms with van der Waals surface area (Å²) in [6, 6.07) is 4.44. The van der Waals surface area contributed by atoms with Gasteiger partial charge in [-0.25, -0.2) is 4.39 Å². The van der Waals surface area contributed by atoms with Crippen molar-refractivity contribution in [3.8, 4) is 11.5 Å². The van der Waals surface area contributed by atoms with Crippen molar-refractivity contribution in [3.05, 3.63) is 42.0 Å². The minimum absolute atomic E-state index is 0.170. The maximum atomic E-state index is 13.8. The summed E-state index contributed by atoms with van der Waals surface area (Å²) in [5.41, 5.74) is 6.44. The van der Waals surface area contributed by atoms with E-state index in [0.717, 1.165) is 6.54 Å².